The molecule has 0 heterocycles. The summed E-state index contributed by atoms with van der Waals surface area (Å²) in [7, 11) is 0. The van der Waals surface area contributed by atoms with Crippen molar-refractivity contribution in [1.29, 1.82) is 0 Å². The van der Waals surface area contributed by atoms with Gasteiger partial charge in [-0.2, -0.15) is 0 Å². The second-order valence-corrected chi connectivity index (χ2v) is 5.98. The van der Waals surface area contributed by atoms with Gasteiger partial charge in [0, 0.05) is 13.2 Å². The van der Waals surface area contributed by atoms with Gasteiger partial charge in [0.15, 0.2) is 0 Å². The summed E-state index contributed by atoms with van der Waals surface area (Å²) in [4.78, 5) is 11.5. The van der Waals surface area contributed by atoms with Crippen LogP contribution in [-0.2, 0) is 16.0 Å². The smallest absolute Gasteiger partial charge is 0.237 e. The predicted molar refractivity (Wildman–Crippen MR) is 83.7 cm³/mol. The van der Waals surface area contributed by atoms with Gasteiger partial charge in [-0.15, -0.1) is 0 Å². The van der Waals surface area contributed by atoms with E-state index in [9.17, 15) is 4.79 Å². The highest BCUT2D eigenvalue weighted by atomic mass is 16.5. The number of carbonyl (C=O) groups is 1. The van der Waals surface area contributed by atoms with Gasteiger partial charge in [0.25, 0.3) is 0 Å². The lowest BCUT2D eigenvalue weighted by Gasteiger charge is -2.27. The van der Waals surface area contributed by atoms with Gasteiger partial charge in [-0.1, -0.05) is 36.8 Å². The SMILES string of the molecule is NC(=O)C1(N)CCCC1CCOCCCc1ccccc1. The zero-order valence-corrected chi connectivity index (χ0v) is 12.6. The highest BCUT2D eigenvalue weighted by Gasteiger charge is 2.43. The zero-order chi connectivity index (χ0) is 15.1. The van der Waals surface area contributed by atoms with Crippen LogP contribution in [0.4, 0.5) is 0 Å². The van der Waals surface area contributed by atoms with E-state index in [1.165, 1.54) is 5.56 Å². The summed E-state index contributed by atoms with van der Waals surface area (Å²) in [5, 5.41) is 0. The molecule has 1 aliphatic carbocycles. The third kappa shape index (κ3) is 4.29. The molecule has 4 heteroatoms. The first kappa shape index (κ1) is 16.0. The fourth-order valence-corrected chi connectivity index (χ4v) is 3.18. The van der Waals surface area contributed by atoms with Crippen LogP contribution in [0.5, 0.6) is 0 Å². The minimum absolute atomic E-state index is 0.170. The summed E-state index contributed by atoms with van der Waals surface area (Å²) < 4.78 is 5.68. The lowest BCUT2D eigenvalue weighted by Crippen LogP contribution is -2.54. The Morgan fingerprint density at radius 2 is 2.05 bits per heavy atom. The van der Waals surface area contributed by atoms with E-state index in [1.807, 2.05) is 6.07 Å². The maximum Gasteiger partial charge on any atom is 0.237 e. The number of amides is 1. The highest BCUT2D eigenvalue weighted by Crippen LogP contribution is 2.35. The molecular formula is C17H26N2O2. The van der Waals surface area contributed by atoms with Crippen molar-refractivity contribution >= 4 is 5.91 Å². The molecule has 4 nitrogen and oxygen atoms in total. The Bertz CT molecular complexity index is 449. The summed E-state index contributed by atoms with van der Waals surface area (Å²) >= 11 is 0. The van der Waals surface area contributed by atoms with Crippen molar-refractivity contribution in [1.82, 2.24) is 0 Å². The maximum absolute atomic E-state index is 11.5. The van der Waals surface area contributed by atoms with Crippen LogP contribution in [0.15, 0.2) is 30.3 Å². The van der Waals surface area contributed by atoms with E-state index >= 15 is 0 Å². The number of aryl methyl sites for hydroxylation is 1. The fourth-order valence-electron chi connectivity index (χ4n) is 3.18. The Morgan fingerprint density at radius 3 is 2.76 bits per heavy atom. The van der Waals surface area contributed by atoms with E-state index in [0.29, 0.717) is 13.0 Å². The van der Waals surface area contributed by atoms with Gasteiger partial charge in [0.05, 0.1) is 5.54 Å². The summed E-state index contributed by atoms with van der Waals surface area (Å²) in [6.07, 6.45) is 5.54. The Morgan fingerprint density at radius 1 is 1.29 bits per heavy atom. The number of hydrogen-bond acceptors (Lipinski definition) is 3. The molecule has 2 atom stereocenters. The number of nitrogens with two attached hydrogens (primary N) is 2. The predicted octanol–water partition coefficient (Wildman–Crippen LogP) is 2.01. The number of rotatable bonds is 8. The first-order valence-corrected chi connectivity index (χ1v) is 7.83. The molecule has 1 fully saturated rings. The zero-order valence-electron chi connectivity index (χ0n) is 12.6. The van der Waals surface area contributed by atoms with Crippen LogP contribution in [0.1, 0.15) is 37.7 Å². The van der Waals surface area contributed by atoms with E-state index in [1.54, 1.807) is 0 Å². The van der Waals surface area contributed by atoms with Crippen molar-refractivity contribution in [3.63, 3.8) is 0 Å². The molecule has 0 aromatic heterocycles. The molecule has 0 bridgehead atoms. The number of primary amides is 1. The summed E-state index contributed by atoms with van der Waals surface area (Å²) in [6, 6.07) is 10.4. The second-order valence-electron chi connectivity index (χ2n) is 5.98. The van der Waals surface area contributed by atoms with Gasteiger partial charge in [-0.25, -0.2) is 0 Å². The molecular weight excluding hydrogens is 264 g/mol. The van der Waals surface area contributed by atoms with Crippen LogP contribution < -0.4 is 11.5 Å². The normalized spacial score (nSPS) is 25.1. The van der Waals surface area contributed by atoms with Gasteiger partial charge < -0.3 is 16.2 Å². The van der Waals surface area contributed by atoms with E-state index in [-0.39, 0.29) is 11.8 Å². The third-order valence-corrected chi connectivity index (χ3v) is 4.54. The average Bonchev–Trinajstić information content (AvgIpc) is 2.86. The van der Waals surface area contributed by atoms with Gasteiger partial charge in [-0.3, -0.25) is 4.79 Å². The first-order chi connectivity index (χ1) is 10.1. The summed E-state index contributed by atoms with van der Waals surface area (Å²) in [5.41, 5.74) is 12.1. The van der Waals surface area contributed by atoms with Crippen LogP contribution in [0.3, 0.4) is 0 Å². The Balaban J connectivity index is 1.61. The minimum atomic E-state index is -0.812. The van der Waals surface area contributed by atoms with Gasteiger partial charge in [0.2, 0.25) is 5.91 Å². The molecule has 116 valence electrons. The third-order valence-electron chi connectivity index (χ3n) is 4.54. The maximum atomic E-state index is 11.5. The van der Waals surface area contributed by atoms with E-state index in [2.05, 4.69) is 24.3 Å². The topological polar surface area (TPSA) is 78.3 Å². The van der Waals surface area contributed by atoms with Crippen LogP contribution >= 0.6 is 0 Å². The quantitative estimate of drug-likeness (QED) is 0.719. The Kier molecular flexibility index (Phi) is 5.76. The van der Waals surface area contributed by atoms with Gasteiger partial charge in [0.1, 0.15) is 0 Å². The molecule has 0 spiro atoms. The molecule has 1 saturated carbocycles. The Labute approximate surface area is 126 Å². The molecule has 1 aliphatic rings. The van der Waals surface area contributed by atoms with Crippen LogP contribution in [0.25, 0.3) is 0 Å². The average molecular weight is 290 g/mol. The second kappa shape index (κ2) is 7.57. The molecule has 1 aromatic rings. The van der Waals surface area contributed by atoms with Crippen molar-refractivity contribution < 1.29 is 9.53 Å². The number of benzene rings is 1. The van der Waals surface area contributed by atoms with Crippen LogP contribution in [0, 0.1) is 5.92 Å². The van der Waals surface area contributed by atoms with Gasteiger partial charge in [-0.05, 0) is 43.6 Å². The minimum Gasteiger partial charge on any atom is -0.381 e. The molecule has 2 unspecified atom stereocenters. The standard InChI is InChI=1S/C17H26N2O2/c18-16(20)17(19)11-4-9-15(17)10-13-21-12-5-8-14-6-2-1-3-7-14/h1-3,6-7,15H,4-5,8-13,19H2,(H2,18,20). The molecule has 21 heavy (non-hydrogen) atoms. The van der Waals surface area contributed by atoms with E-state index in [0.717, 1.165) is 38.7 Å². The molecule has 0 radical (unpaired) electrons. The molecule has 1 amide bonds. The van der Waals surface area contributed by atoms with Crippen molar-refractivity contribution in [2.45, 2.75) is 44.1 Å². The summed E-state index contributed by atoms with van der Waals surface area (Å²) in [5.74, 6) is -0.196. The largest absolute Gasteiger partial charge is 0.381 e. The molecule has 1 aromatic carbocycles. The van der Waals surface area contributed by atoms with Crippen molar-refractivity contribution in [3.05, 3.63) is 35.9 Å². The van der Waals surface area contributed by atoms with Crippen molar-refractivity contribution in [3.8, 4) is 0 Å². The number of ether oxygens (including phenoxy) is 1. The lowest BCUT2D eigenvalue weighted by atomic mass is 9.85. The monoisotopic (exact) mass is 290 g/mol. The molecule has 2 rings (SSSR count). The molecule has 4 N–H and O–H groups in total. The van der Waals surface area contributed by atoms with Crippen molar-refractivity contribution in [2.24, 2.45) is 17.4 Å². The van der Waals surface area contributed by atoms with E-state index in [4.69, 9.17) is 16.2 Å². The van der Waals surface area contributed by atoms with Gasteiger partial charge >= 0.3 is 0 Å². The Hall–Kier alpha value is -1.39. The number of carbonyl (C=O) groups excluding carboxylic acids is 1. The highest BCUT2D eigenvalue weighted by molar-refractivity contribution is 5.85. The van der Waals surface area contributed by atoms with Crippen molar-refractivity contribution in [2.75, 3.05) is 13.2 Å². The van der Waals surface area contributed by atoms with E-state index < -0.39 is 5.54 Å². The number of hydrogen-bond donors (Lipinski definition) is 2. The first-order valence-electron chi connectivity index (χ1n) is 7.83. The van der Waals surface area contributed by atoms with Crippen LogP contribution in [0.2, 0.25) is 0 Å². The molecule has 0 aliphatic heterocycles. The summed E-state index contributed by atoms with van der Waals surface area (Å²) in [6.45, 7) is 1.40. The van der Waals surface area contributed by atoms with Crippen LogP contribution in [-0.4, -0.2) is 24.7 Å². The lowest BCUT2D eigenvalue weighted by molar-refractivity contribution is -0.124. The fraction of sp³-hybridized carbons (Fsp3) is 0.588. The molecule has 0 saturated heterocycles.